The van der Waals surface area contributed by atoms with E-state index in [-0.39, 0.29) is 11.8 Å². The highest BCUT2D eigenvalue weighted by Gasteiger charge is 2.31. The van der Waals surface area contributed by atoms with Crippen molar-refractivity contribution in [3.63, 3.8) is 0 Å². The van der Waals surface area contributed by atoms with Gasteiger partial charge in [0.25, 0.3) is 0 Å². The van der Waals surface area contributed by atoms with E-state index in [2.05, 4.69) is 13.5 Å². The van der Waals surface area contributed by atoms with Gasteiger partial charge in [-0.05, 0) is 56.5 Å². The number of hydrogen-bond donors (Lipinski definition) is 0. The van der Waals surface area contributed by atoms with Crippen LogP contribution in [0, 0.1) is 0 Å². The molecule has 27 heavy (non-hydrogen) atoms. The SMILES string of the molecule is C=Cc1ccc(OC(C)(C)C(=O)OCC)cc1.CCC1=C2C=CC(=C1)C2=O. The van der Waals surface area contributed by atoms with Gasteiger partial charge in [-0.1, -0.05) is 43.9 Å². The molecule has 0 unspecified atom stereocenters. The smallest absolute Gasteiger partial charge is 0.349 e. The molecular weight excluding hydrogens is 340 g/mol. The van der Waals surface area contributed by atoms with Crippen LogP contribution in [0.15, 0.2) is 65.8 Å². The molecule has 0 aromatic heterocycles. The first-order valence-electron chi connectivity index (χ1n) is 9.08. The van der Waals surface area contributed by atoms with Crippen LogP contribution >= 0.6 is 0 Å². The summed E-state index contributed by atoms with van der Waals surface area (Å²) in [6.07, 6.45) is 8.50. The summed E-state index contributed by atoms with van der Waals surface area (Å²) in [7, 11) is 0. The molecule has 0 amide bonds. The van der Waals surface area contributed by atoms with Crippen LogP contribution in [0.2, 0.25) is 0 Å². The van der Waals surface area contributed by atoms with E-state index in [9.17, 15) is 9.59 Å². The topological polar surface area (TPSA) is 52.6 Å². The van der Waals surface area contributed by atoms with Crippen molar-refractivity contribution in [1.29, 1.82) is 0 Å². The van der Waals surface area contributed by atoms with Crippen molar-refractivity contribution in [2.45, 2.75) is 39.7 Å². The third-order valence-electron chi connectivity index (χ3n) is 4.25. The molecule has 1 aromatic rings. The normalized spacial score (nSPS) is 14.5. The van der Waals surface area contributed by atoms with Gasteiger partial charge in [-0.2, -0.15) is 0 Å². The largest absolute Gasteiger partial charge is 0.476 e. The van der Waals surface area contributed by atoms with Crippen molar-refractivity contribution < 1.29 is 19.1 Å². The lowest BCUT2D eigenvalue weighted by atomic mass is 10.1. The fraction of sp³-hybridized carbons (Fsp3) is 0.304. The molecule has 4 heteroatoms. The van der Waals surface area contributed by atoms with Crippen LogP contribution in [-0.2, 0) is 14.3 Å². The molecule has 0 atom stereocenters. The average Bonchev–Trinajstić information content (AvgIpc) is 3.17. The Morgan fingerprint density at radius 3 is 2.22 bits per heavy atom. The molecule has 2 bridgehead atoms. The highest BCUT2D eigenvalue weighted by molar-refractivity contribution is 6.18. The van der Waals surface area contributed by atoms with E-state index < -0.39 is 5.60 Å². The van der Waals surface area contributed by atoms with E-state index in [0.717, 1.165) is 23.1 Å². The monoisotopic (exact) mass is 366 g/mol. The Labute approximate surface area is 160 Å². The third kappa shape index (κ3) is 4.85. The minimum atomic E-state index is -0.980. The zero-order valence-electron chi connectivity index (χ0n) is 16.4. The number of carbonyl (C=O) groups excluding carboxylic acids is 2. The molecule has 0 fully saturated rings. The molecule has 0 spiro atoms. The second-order valence-electron chi connectivity index (χ2n) is 6.66. The molecule has 2 aliphatic rings. The molecule has 2 aliphatic carbocycles. The first kappa shape index (κ1) is 20.4. The van der Waals surface area contributed by atoms with Crippen molar-refractivity contribution in [3.05, 3.63) is 71.4 Å². The van der Waals surface area contributed by atoms with Crippen molar-refractivity contribution in [1.82, 2.24) is 0 Å². The Kier molecular flexibility index (Phi) is 6.56. The van der Waals surface area contributed by atoms with Crippen LogP contribution in [0.3, 0.4) is 0 Å². The molecule has 0 aliphatic heterocycles. The Morgan fingerprint density at radius 1 is 1.15 bits per heavy atom. The van der Waals surface area contributed by atoms with Crippen molar-refractivity contribution in [2.24, 2.45) is 0 Å². The predicted octanol–water partition coefficient (Wildman–Crippen LogP) is 4.82. The molecule has 0 radical (unpaired) electrons. The van der Waals surface area contributed by atoms with Gasteiger partial charge in [-0.25, -0.2) is 4.79 Å². The van der Waals surface area contributed by atoms with Gasteiger partial charge >= 0.3 is 5.97 Å². The van der Waals surface area contributed by atoms with Crippen LogP contribution in [0.5, 0.6) is 5.75 Å². The lowest BCUT2D eigenvalue weighted by molar-refractivity contribution is -0.158. The van der Waals surface area contributed by atoms with E-state index in [1.165, 1.54) is 5.57 Å². The summed E-state index contributed by atoms with van der Waals surface area (Å²) < 4.78 is 10.6. The average molecular weight is 366 g/mol. The highest BCUT2D eigenvalue weighted by atomic mass is 16.6. The van der Waals surface area contributed by atoms with Gasteiger partial charge < -0.3 is 9.47 Å². The first-order chi connectivity index (χ1) is 12.8. The number of allylic oxidation sites excluding steroid dienone is 6. The van der Waals surface area contributed by atoms with Gasteiger partial charge in [-0.15, -0.1) is 0 Å². The van der Waals surface area contributed by atoms with Gasteiger partial charge in [0.2, 0.25) is 0 Å². The van der Waals surface area contributed by atoms with E-state index in [0.29, 0.717) is 12.4 Å². The number of rotatable bonds is 6. The van der Waals surface area contributed by atoms with Crippen LogP contribution in [-0.4, -0.2) is 24.0 Å². The van der Waals surface area contributed by atoms with E-state index in [1.54, 1.807) is 39.0 Å². The number of fused-ring (bicyclic) bond motifs is 2. The Balaban J connectivity index is 0.000000219. The lowest BCUT2D eigenvalue weighted by Gasteiger charge is -2.24. The number of ether oxygens (including phenoxy) is 2. The molecule has 0 saturated heterocycles. The van der Waals surface area contributed by atoms with E-state index in [4.69, 9.17) is 9.47 Å². The second kappa shape index (κ2) is 8.67. The van der Waals surface area contributed by atoms with Crippen molar-refractivity contribution in [3.8, 4) is 5.75 Å². The zero-order valence-corrected chi connectivity index (χ0v) is 16.4. The number of ketones is 1. The maximum atomic E-state index is 11.6. The Hall–Kier alpha value is -2.88. The van der Waals surface area contributed by atoms with Crippen LogP contribution in [0.25, 0.3) is 6.08 Å². The molecule has 0 heterocycles. The molecule has 1 aromatic carbocycles. The van der Waals surface area contributed by atoms with E-state index >= 15 is 0 Å². The van der Waals surface area contributed by atoms with Gasteiger partial charge in [0, 0.05) is 11.1 Å². The minimum Gasteiger partial charge on any atom is -0.476 e. The van der Waals surface area contributed by atoms with Gasteiger partial charge in [-0.3, -0.25) is 4.79 Å². The summed E-state index contributed by atoms with van der Waals surface area (Å²) >= 11 is 0. The predicted molar refractivity (Wildman–Crippen MR) is 107 cm³/mol. The quantitative estimate of drug-likeness (QED) is 0.677. The Morgan fingerprint density at radius 2 is 1.81 bits per heavy atom. The van der Waals surface area contributed by atoms with Crippen LogP contribution < -0.4 is 4.74 Å². The number of carbonyl (C=O) groups is 2. The van der Waals surface area contributed by atoms with Crippen molar-refractivity contribution in [2.75, 3.05) is 6.61 Å². The Bertz CT molecular complexity index is 820. The molecule has 4 nitrogen and oxygen atoms in total. The summed E-state index contributed by atoms with van der Waals surface area (Å²) in [5, 5.41) is 0. The molecular formula is C23H26O4. The molecule has 142 valence electrons. The summed E-state index contributed by atoms with van der Waals surface area (Å²) in [6, 6.07) is 7.36. The van der Waals surface area contributed by atoms with E-state index in [1.807, 2.05) is 30.4 Å². The van der Waals surface area contributed by atoms with Gasteiger partial charge in [0.15, 0.2) is 11.4 Å². The van der Waals surface area contributed by atoms with Crippen LogP contribution in [0.4, 0.5) is 0 Å². The molecule has 0 saturated carbocycles. The second-order valence-corrected chi connectivity index (χ2v) is 6.66. The van der Waals surface area contributed by atoms with Gasteiger partial charge in [0.1, 0.15) is 5.75 Å². The summed E-state index contributed by atoms with van der Waals surface area (Å²) in [4.78, 5) is 22.8. The third-order valence-corrected chi connectivity index (χ3v) is 4.25. The van der Waals surface area contributed by atoms with Crippen molar-refractivity contribution >= 4 is 17.8 Å². The highest BCUT2D eigenvalue weighted by Crippen LogP contribution is 2.31. The fourth-order valence-electron chi connectivity index (χ4n) is 2.72. The fourth-order valence-corrected chi connectivity index (χ4v) is 2.72. The lowest BCUT2D eigenvalue weighted by Crippen LogP contribution is -2.39. The number of esters is 1. The zero-order chi connectivity index (χ0) is 20.0. The minimum absolute atomic E-state index is 0.219. The summed E-state index contributed by atoms with van der Waals surface area (Å²) in [5.74, 6) is 0.485. The standard InChI is InChI=1S/C14H18O3.C9H8O/c1-5-11-7-9-12(10-8-11)17-14(3,4)13(15)16-6-2;1-2-6-5-7-3-4-8(6)9(7)10/h5,7-10H,1,6H2,2-4H3;3-5H,2H2,1H3. The summed E-state index contributed by atoms with van der Waals surface area (Å²) in [6.45, 7) is 11.2. The van der Waals surface area contributed by atoms with Gasteiger partial charge in [0.05, 0.1) is 6.61 Å². The molecule has 3 rings (SSSR count). The number of benzene rings is 1. The molecule has 0 N–H and O–H groups in total. The summed E-state index contributed by atoms with van der Waals surface area (Å²) in [5.41, 5.74) is 3.00. The number of Topliss-reactive ketones (excluding diaryl/α,β-unsaturated/α-hetero) is 1. The number of hydrogen-bond acceptors (Lipinski definition) is 4. The first-order valence-corrected chi connectivity index (χ1v) is 9.08. The maximum Gasteiger partial charge on any atom is 0.349 e. The maximum absolute atomic E-state index is 11.6. The van der Waals surface area contributed by atoms with Crippen LogP contribution in [0.1, 0.15) is 39.7 Å².